The number of anilines is 1. The summed E-state index contributed by atoms with van der Waals surface area (Å²) < 4.78 is 61.7. The zero-order chi connectivity index (χ0) is 19.8. The van der Waals surface area contributed by atoms with Gasteiger partial charge in [-0.2, -0.15) is 13.2 Å². The molecule has 0 fully saturated rings. The van der Waals surface area contributed by atoms with E-state index in [0.29, 0.717) is 11.1 Å². The largest absolute Gasteiger partial charge is 0.416 e. The van der Waals surface area contributed by atoms with Gasteiger partial charge in [-0.25, -0.2) is 13.4 Å². The number of rotatable bonds is 4. The number of amides is 1. The summed E-state index contributed by atoms with van der Waals surface area (Å²) in [5, 5.41) is 2.45. The highest BCUT2D eigenvalue weighted by atomic mass is 35.5. The summed E-state index contributed by atoms with van der Waals surface area (Å²) in [4.78, 5) is 15.9. The van der Waals surface area contributed by atoms with Gasteiger partial charge in [0.05, 0.1) is 10.5 Å². The number of halogens is 4. The number of nitrogens with zero attached hydrogens (tertiary/aromatic N) is 1. The van der Waals surface area contributed by atoms with E-state index in [0.717, 1.165) is 26.1 Å². The molecule has 0 aliphatic carbocycles. The van der Waals surface area contributed by atoms with Gasteiger partial charge in [0.1, 0.15) is 10.6 Å². The molecule has 1 amide bonds. The average molecular weight is 407 g/mol. The molecular formula is C16H14ClF3N2O3S. The third-order valence-corrected chi connectivity index (χ3v) is 6.35. The first-order valence-electron chi connectivity index (χ1n) is 7.20. The van der Waals surface area contributed by atoms with Crippen molar-refractivity contribution in [1.82, 2.24) is 4.98 Å². The van der Waals surface area contributed by atoms with E-state index in [4.69, 9.17) is 11.6 Å². The second-order valence-corrected chi connectivity index (χ2v) is 8.78. The highest BCUT2D eigenvalue weighted by Crippen LogP contribution is 2.31. The Bertz CT molecular complexity index is 927. The predicted octanol–water partition coefficient (Wildman–Crippen LogP) is 3.94. The molecule has 0 saturated carbocycles. The SMILES string of the molecule is CC(C)(C(=O)Nc1cc(C(F)(F)F)ccn1)S(=O)(=O)c1ccc(Cl)cc1. The Morgan fingerprint density at radius 2 is 1.69 bits per heavy atom. The maximum atomic E-state index is 12.7. The van der Waals surface area contributed by atoms with E-state index in [-0.39, 0.29) is 4.90 Å². The number of hydrogen-bond donors (Lipinski definition) is 1. The third-order valence-electron chi connectivity index (χ3n) is 3.67. The Hall–Kier alpha value is -2.13. The molecule has 0 bridgehead atoms. The molecule has 26 heavy (non-hydrogen) atoms. The molecule has 2 rings (SSSR count). The summed E-state index contributed by atoms with van der Waals surface area (Å²) in [6.45, 7) is 2.31. The van der Waals surface area contributed by atoms with Crippen LogP contribution in [0.2, 0.25) is 5.02 Å². The fourth-order valence-corrected chi connectivity index (χ4v) is 3.48. The maximum absolute atomic E-state index is 12.7. The van der Waals surface area contributed by atoms with Crippen LogP contribution < -0.4 is 5.32 Å². The lowest BCUT2D eigenvalue weighted by atomic mass is 10.2. The molecule has 1 heterocycles. The van der Waals surface area contributed by atoms with Crippen molar-refractivity contribution in [1.29, 1.82) is 0 Å². The molecule has 1 N–H and O–H groups in total. The van der Waals surface area contributed by atoms with Gasteiger partial charge in [-0.3, -0.25) is 4.79 Å². The van der Waals surface area contributed by atoms with Crippen LogP contribution in [0.3, 0.4) is 0 Å². The normalized spacial score (nSPS) is 12.7. The number of hydrogen-bond acceptors (Lipinski definition) is 4. The molecule has 1 aromatic heterocycles. The minimum absolute atomic E-state index is 0.140. The van der Waals surface area contributed by atoms with Gasteiger partial charge < -0.3 is 5.32 Å². The quantitative estimate of drug-likeness (QED) is 0.834. The molecule has 0 atom stereocenters. The van der Waals surface area contributed by atoms with Crippen molar-refractivity contribution in [2.75, 3.05) is 5.32 Å². The van der Waals surface area contributed by atoms with Crippen LogP contribution in [0.5, 0.6) is 0 Å². The van der Waals surface area contributed by atoms with Crippen LogP contribution in [0.15, 0.2) is 47.5 Å². The van der Waals surface area contributed by atoms with Gasteiger partial charge in [-0.15, -0.1) is 0 Å². The maximum Gasteiger partial charge on any atom is 0.416 e. The number of carbonyl (C=O) groups excluding carboxylic acids is 1. The van der Waals surface area contributed by atoms with Gasteiger partial charge in [0, 0.05) is 11.2 Å². The Morgan fingerprint density at radius 1 is 1.12 bits per heavy atom. The molecule has 0 aliphatic rings. The van der Waals surface area contributed by atoms with Crippen molar-refractivity contribution in [3.05, 3.63) is 53.2 Å². The van der Waals surface area contributed by atoms with Gasteiger partial charge in [0.2, 0.25) is 5.91 Å². The second kappa shape index (κ2) is 6.88. The van der Waals surface area contributed by atoms with E-state index in [1.54, 1.807) is 0 Å². The monoisotopic (exact) mass is 406 g/mol. The topological polar surface area (TPSA) is 76.1 Å². The summed E-state index contributed by atoms with van der Waals surface area (Å²) in [6.07, 6.45) is -3.74. The highest BCUT2D eigenvalue weighted by Gasteiger charge is 2.43. The molecule has 0 spiro atoms. The fourth-order valence-electron chi connectivity index (χ4n) is 1.97. The number of aromatic nitrogens is 1. The van der Waals surface area contributed by atoms with Crippen LogP contribution in [-0.2, 0) is 20.8 Å². The summed E-state index contributed by atoms with van der Waals surface area (Å²) in [6, 6.07) is 6.58. The van der Waals surface area contributed by atoms with Crippen LogP contribution in [0.4, 0.5) is 19.0 Å². The number of nitrogens with one attached hydrogen (secondary N) is 1. The third kappa shape index (κ3) is 3.99. The van der Waals surface area contributed by atoms with Crippen LogP contribution >= 0.6 is 11.6 Å². The van der Waals surface area contributed by atoms with E-state index < -0.39 is 38.0 Å². The van der Waals surface area contributed by atoms with Crippen molar-refractivity contribution in [2.45, 2.75) is 29.7 Å². The number of pyridine rings is 1. The lowest BCUT2D eigenvalue weighted by Crippen LogP contribution is -2.44. The first kappa shape index (κ1) is 20.2. The molecule has 140 valence electrons. The van der Waals surface area contributed by atoms with Crippen LogP contribution in [0.25, 0.3) is 0 Å². The molecule has 5 nitrogen and oxygen atoms in total. The van der Waals surface area contributed by atoms with Crippen molar-refractivity contribution >= 4 is 33.2 Å². The van der Waals surface area contributed by atoms with Gasteiger partial charge in [0.15, 0.2) is 9.84 Å². The summed E-state index contributed by atoms with van der Waals surface area (Å²) in [5.74, 6) is -1.41. The number of benzene rings is 1. The smallest absolute Gasteiger partial charge is 0.309 e. The summed E-state index contributed by atoms with van der Waals surface area (Å²) in [5.41, 5.74) is -1.01. The van der Waals surface area contributed by atoms with E-state index in [9.17, 15) is 26.4 Å². The van der Waals surface area contributed by atoms with Crippen LogP contribution in [0.1, 0.15) is 19.4 Å². The fraction of sp³-hybridized carbons (Fsp3) is 0.250. The van der Waals surface area contributed by atoms with Gasteiger partial charge in [-0.05, 0) is 50.2 Å². The first-order valence-corrected chi connectivity index (χ1v) is 9.07. The Labute approximate surface area is 153 Å². The van der Waals surface area contributed by atoms with Gasteiger partial charge >= 0.3 is 6.18 Å². The predicted molar refractivity (Wildman–Crippen MR) is 90.6 cm³/mol. The highest BCUT2D eigenvalue weighted by molar-refractivity contribution is 7.93. The minimum Gasteiger partial charge on any atom is -0.309 e. The van der Waals surface area contributed by atoms with Crippen molar-refractivity contribution in [3.63, 3.8) is 0 Å². The molecule has 0 unspecified atom stereocenters. The van der Waals surface area contributed by atoms with E-state index in [1.165, 1.54) is 24.3 Å². The minimum atomic E-state index is -4.62. The summed E-state index contributed by atoms with van der Waals surface area (Å²) in [7, 11) is -4.13. The van der Waals surface area contributed by atoms with Gasteiger partial charge in [-0.1, -0.05) is 11.6 Å². The Morgan fingerprint density at radius 3 is 2.23 bits per heavy atom. The molecule has 0 saturated heterocycles. The van der Waals surface area contributed by atoms with Crippen LogP contribution in [-0.4, -0.2) is 24.1 Å². The molecule has 2 aromatic rings. The lowest BCUT2D eigenvalue weighted by molar-refractivity contribution is -0.137. The van der Waals surface area contributed by atoms with E-state index >= 15 is 0 Å². The first-order chi connectivity index (χ1) is 11.9. The number of alkyl halides is 3. The van der Waals surface area contributed by atoms with Gasteiger partial charge in [0.25, 0.3) is 0 Å². The Balaban J connectivity index is 2.32. The van der Waals surface area contributed by atoms with Crippen LogP contribution in [0, 0.1) is 0 Å². The van der Waals surface area contributed by atoms with Crippen molar-refractivity contribution in [3.8, 4) is 0 Å². The van der Waals surface area contributed by atoms with E-state index in [2.05, 4.69) is 10.3 Å². The summed E-state index contributed by atoms with van der Waals surface area (Å²) >= 11 is 5.72. The van der Waals surface area contributed by atoms with Crippen molar-refractivity contribution < 1.29 is 26.4 Å². The zero-order valence-electron chi connectivity index (χ0n) is 13.6. The lowest BCUT2D eigenvalue weighted by Gasteiger charge is -2.23. The molecule has 1 aromatic carbocycles. The average Bonchev–Trinajstić information content (AvgIpc) is 2.54. The second-order valence-electron chi connectivity index (χ2n) is 5.85. The molecular weight excluding hydrogens is 393 g/mol. The van der Waals surface area contributed by atoms with E-state index in [1.807, 2.05) is 0 Å². The zero-order valence-corrected chi connectivity index (χ0v) is 15.2. The Kier molecular flexibility index (Phi) is 5.34. The number of sulfone groups is 1. The molecule has 0 radical (unpaired) electrons. The molecule has 10 heteroatoms. The van der Waals surface area contributed by atoms with Crippen molar-refractivity contribution in [2.24, 2.45) is 0 Å². The number of carbonyl (C=O) groups is 1. The standard InChI is InChI=1S/C16H14ClF3N2O3S/c1-15(2,26(24,25)12-5-3-11(17)4-6-12)14(23)22-13-9-10(7-8-21-13)16(18,19)20/h3-9H,1-2H3,(H,21,22,23). The molecule has 0 aliphatic heterocycles.